The van der Waals surface area contributed by atoms with Crippen LogP contribution in [-0.2, 0) is 6.54 Å². The first kappa shape index (κ1) is 19.7. The van der Waals surface area contributed by atoms with E-state index >= 15 is 0 Å². The Labute approximate surface area is 178 Å². The second kappa shape index (κ2) is 9.25. The van der Waals surface area contributed by atoms with E-state index in [4.69, 9.17) is 16.7 Å². The molecule has 1 fully saturated rings. The zero-order valence-corrected chi connectivity index (χ0v) is 17.6. The van der Waals surface area contributed by atoms with Crippen molar-refractivity contribution in [2.45, 2.75) is 13.5 Å². The molecule has 0 radical (unpaired) electrons. The number of halogens is 1. The number of hydrogen-bond acceptors (Lipinski definition) is 2. The summed E-state index contributed by atoms with van der Waals surface area (Å²) in [6, 6.07) is 27.4. The average Bonchev–Trinajstić information content (AvgIpc) is 2.77. The molecule has 1 aliphatic heterocycles. The number of quaternary nitrogens is 1. The molecule has 148 valence electrons. The molecule has 4 heteroatoms. The third kappa shape index (κ3) is 5.26. The fourth-order valence-electron chi connectivity index (χ4n) is 3.78. The van der Waals surface area contributed by atoms with Gasteiger partial charge in [-0.25, -0.2) is 0 Å². The van der Waals surface area contributed by atoms with Gasteiger partial charge in [0, 0.05) is 10.6 Å². The molecule has 0 amide bonds. The average molecular weight is 405 g/mol. The van der Waals surface area contributed by atoms with E-state index in [2.05, 4.69) is 72.6 Å². The Morgan fingerprint density at radius 2 is 1.48 bits per heavy atom. The van der Waals surface area contributed by atoms with Gasteiger partial charge in [0.15, 0.2) is 0 Å². The lowest BCUT2D eigenvalue weighted by Gasteiger charge is -2.31. The second-order valence-electron chi connectivity index (χ2n) is 7.64. The number of nitrogens with zero attached hydrogens (tertiary/aromatic N) is 2. The summed E-state index contributed by atoms with van der Waals surface area (Å²) in [5, 5.41) is 7.90. The minimum atomic E-state index is 0.801. The van der Waals surface area contributed by atoms with Crippen LogP contribution in [0.5, 0.6) is 0 Å². The fraction of sp³-hybridized carbons (Fsp3) is 0.240. The highest BCUT2D eigenvalue weighted by Gasteiger charge is 2.19. The fourth-order valence-corrected chi connectivity index (χ4v) is 3.91. The molecule has 1 saturated heterocycles. The molecule has 3 nitrogen and oxygen atoms in total. The number of piperazine rings is 1. The normalized spacial score (nSPS) is 15.5. The highest BCUT2D eigenvalue weighted by atomic mass is 35.5. The minimum Gasteiger partial charge on any atom is -0.328 e. The predicted molar refractivity (Wildman–Crippen MR) is 122 cm³/mol. The van der Waals surface area contributed by atoms with E-state index in [1.807, 2.05) is 18.2 Å². The number of hydrazone groups is 1. The van der Waals surface area contributed by atoms with Gasteiger partial charge in [-0.15, -0.1) is 0 Å². The quantitative estimate of drug-likeness (QED) is 0.634. The van der Waals surface area contributed by atoms with Crippen LogP contribution in [0.1, 0.15) is 18.1 Å². The summed E-state index contributed by atoms with van der Waals surface area (Å²) in [6.45, 7) is 7.34. The van der Waals surface area contributed by atoms with Crippen molar-refractivity contribution in [2.75, 3.05) is 26.2 Å². The number of benzene rings is 3. The van der Waals surface area contributed by atoms with Crippen molar-refractivity contribution in [3.8, 4) is 11.1 Å². The van der Waals surface area contributed by atoms with Crippen LogP contribution in [0.25, 0.3) is 11.1 Å². The standard InChI is InChI=1S/C25H26ClN3/c1-20(22-9-11-24(12-10-22)23-5-3-2-4-6-23)27-29-17-15-28(16-18-29)19-21-7-13-25(26)14-8-21/h2-14H,15-19H2,1H3/p+1/b27-20+. The first-order valence-electron chi connectivity index (χ1n) is 10.2. The van der Waals surface area contributed by atoms with Gasteiger partial charge in [0.25, 0.3) is 0 Å². The summed E-state index contributed by atoms with van der Waals surface area (Å²) < 4.78 is 0. The van der Waals surface area contributed by atoms with Crippen molar-refractivity contribution in [1.82, 2.24) is 5.01 Å². The van der Waals surface area contributed by atoms with Gasteiger partial charge >= 0.3 is 0 Å². The summed E-state index contributed by atoms with van der Waals surface area (Å²) in [5.41, 5.74) is 6.08. The largest absolute Gasteiger partial charge is 0.328 e. The molecule has 4 rings (SSSR count). The third-order valence-corrected chi connectivity index (χ3v) is 5.77. The predicted octanol–water partition coefficient (Wildman–Crippen LogP) is 4.13. The monoisotopic (exact) mass is 404 g/mol. The maximum Gasteiger partial charge on any atom is 0.103 e. The van der Waals surface area contributed by atoms with Gasteiger partial charge in [0.1, 0.15) is 6.54 Å². The molecule has 3 aromatic rings. The maximum absolute atomic E-state index is 5.98. The Hall–Kier alpha value is -2.62. The van der Waals surface area contributed by atoms with Crippen LogP contribution in [0.2, 0.25) is 5.02 Å². The minimum absolute atomic E-state index is 0.801. The molecule has 1 aliphatic rings. The van der Waals surface area contributed by atoms with Crippen molar-refractivity contribution >= 4 is 17.3 Å². The van der Waals surface area contributed by atoms with Gasteiger partial charge in [0.05, 0.1) is 31.9 Å². The van der Waals surface area contributed by atoms with Crippen LogP contribution in [-0.4, -0.2) is 36.9 Å². The van der Waals surface area contributed by atoms with Crippen LogP contribution in [0.15, 0.2) is 84.0 Å². The van der Waals surface area contributed by atoms with E-state index in [9.17, 15) is 0 Å². The molecule has 0 spiro atoms. The zero-order chi connectivity index (χ0) is 20.1. The molecule has 29 heavy (non-hydrogen) atoms. The van der Waals surface area contributed by atoms with Gasteiger partial charge in [0.2, 0.25) is 0 Å². The Kier molecular flexibility index (Phi) is 6.28. The molecule has 0 bridgehead atoms. The molecular formula is C25H27ClN3+. The van der Waals surface area contributed by atoms with Crippen molar-refractivity contribution in [1.29, 1.82) is 0 Å². The summed E-state index contributed by atoms with van der Waals surface area (Å²) in [7, 11) is 0. The molecule has 0 saturated carbocycles. The maximum atomic E-state index is 5.98. The summed E-state index contributed by atoms with van der Waals surface area (Å²) in [5.74, 6) is 0. The molecule has 0 aliphatic carbocycles. The second-order valence-corrected chi connectivity index (χ2v) is 8.07. The van der Waals surface area contributed by atoms with E-state index in [0.717, 1.165) is 43.5 Å². The highest BCUT2D eigenvalue weighted by Crippen LogP contribution is 2.19. The number of rotatable bonds is 5. The van der Waals surface area contributed by atoms with E-state index in [0.29, 0.717) is 0 Å². The van der Waals surface area contributed by atoms with Crippen LogP contribution in [0.3, 0.4) is 0 Å². The summed E-state index contributed by atoms with van der Waals surface area (Å²) in [6.07, 6.45) is 0. The van der Waals surface area contributed by atoms with Crippen LogP contribution >= 0.6 is 11.6 Å². The van der Waals surface area contributed by atoms with Crippen LogP contribution in [0.4, 0.5) is 0 Å². The third-order valence-electron chi connectivity index (χ3n) is 5.52. The number of hydrogen-bond donors (Lipinski definition) is 1. The van der Waals surface area contributed by atoms with Gasteiger partial charge in [-0.2, -0.15) is 5.10 Å². The summed E-state index contributed by atoms with van der Waals surface area (Å²) in [4.78, 5) is 1.60. The van der Waals surface area contributed by atoms with Gasteiger partial charge in [-0.1, -0.05) is 78.3 Å². The smallest absolute Gasteiger partial charge is 0.103 e. The lowest BCUT2D eigenvalue weighted by atomic mass is 10.0. The van der Waals surface area contributed by atoms with Gasteiger partial charge in [-0.3, -0.25) is 5.01 Å². The topological polar surface area (TPSA) is 20.0 Å². The molecule has 0 atom stereocenters. The van der Waals surface area contributed by atoms with Crippen molar-refractivity contribution in [2.24, 2.45) is 5.10 Å². The molecule has 0 aromatic heterocycles. The van der Waals surface area contributed by atoms with Crippen LogP contribution < -0.4 is 4.90 Å². The Bertz CT molecular complexity index is 942. The lowest BCUT2D eigenvalue weighted by molar-refractivity contribution is -0.918. The summed E-state index contributed by atoms with van der Waals surface area (Å²) >= 11 is 5.98. The first-order valence-corrected chi connectivity index (χ1v) is 10.6. The SMILES string of the molecule is C/C(=N\N1CC[NH+](Cc2ccc(Cl)cc2)CC1)c1ccc(-c2ccccc2)cc1. The van der Waals surface area contributed by atoms with E-state index in [1.165, 1.54) is 22.3 Å². The molecule has 0 unspecified atom stereocenters. The lowest BCUT2D eigenvalue weighted by Crippen LogP contribution is -3.13. The Morgan fingerprint density at radius 1 is 0.862 bits per heavy atom. The molecule has 3 aromatic carbocycles. The van der Waals surface area contributed by atoms with Gasteiger partial charge in [-0.05, 0) is 35.7 Å². The zero-order valence-electron chi connectivity index (χ0n) is 16.8. The number of nitrogens with one attached hydrogen (secondary N) is 1. The molecule has 1 heterocycles. The highest BCUT2D eigenvalue weighted by molar-refractivity contribution is 6.30. The first-order chi connectivity index (χ1) is 14.2. The van der Waals surface area contributed by atoms with E-state index in [-0.39, 0.29) is 0 Å². The van der Waals surface area contributed by atoms with Gasteiger partial charge < -0.3 is 4.90 Å². The van der Waals surface area contributed by atoms with E-state index in [1.54, 1.807) is 4.90 Å². The molecule has 1 N–H and O–H groups in total. The Balaban J connectivity index is 1.33. The van der Waals surface area contributed by atoms with Crippen molar-refractivity contribution in [3.63, 3.8) is 0 Å². The van der Waals surface area contributed by atoms with E-state index < -0.39 is 0 Å². The van der Waals surface area contributed by atoms with Crippen molar-refractivity contribution in [3.05, 3.63) is 95.0 Å². The Morgan fingerprint density at radius 3 is 2.14 bits per heavy atom. The molecular weight excluding hydrogens is 378 g/mol. The van der Waals surface area contributed by atoms with Crippen LogP contribution in [0, 0.1) is 0 Å². The van der Waals surface area contributed by atoms with Crippen molar-refractivity contribution < 1.29 is 4.90 Å².